The second-order valence-corrected chi connectivity index (χ2v) is 4.04. The Morgan fingerprint density at radius 1 is 1.06 bits per heavy atom. The summed E-state index contributed by atoms with van der Waals surface area (Å²) in [6, 6.07) is 17.0. The first-order chi connectivity index (χ1) is 8.74. The minimum Gasteiger partial charge on any atom is -0.410 e. The van der Waals surface area contributed by atoms with E-state index in [1.165, 1.54) is 5.56 Å². The van der Waals surface area contributed by atoms with Crippen LogP contribution in [0.25, 0.3) is 0 Å². The monoisotopic (exact) mass is 241 g/mol. The van der Waals surface area contributed by atoms with Gasteiger partial charge in [0.25, 0.3) is 0 Å². The highest BCUT2D eigenvalue weighted by Crippen LogP contribution is 2.08. The molecule has 0 heterocycles. The van der Waals surface area contributed by atoms with E-state index in [4.69, 9.17) is 4.74 Å². The molecule has 2 rings (SSSR count). The third-order valence-corrected chi connectivity index (χ3v) is 2.51. The molecule has 3 nitrogen and oxygen atoms in total. The second kappa shape index (κ2) is 5.87. The summed E-state index contributed by atoms with van der Waals surface area (Å²) in [4.78, 5) is 11.5. The molecule has 18 heavy (non-hydrogen) atoms. The van der Waals surface area contributed by atoms with Crippen molar-refractivity contribution in [2.75, 3.05) is 0 Å². The van der Waals surface area contributed by atoms with E-state index in [1.54, 1.807) is 12.1 Å². The Kier molecular flexibility index (Phi) is 3.97. The molecule has 3 heteroatoms. The second-order valence-electron chi connectivity index (χ2n) is 4.04. The van der Waals surface area contributed by atoms with E-state index in [0.717, 1.165) is 5.56 Å². The maximum atomic E-state index is 11.5. The van der Waals surface area contributed by atoms with Crippen LogP contribution in [0, 0.1) is 6.92 Å². The van der Waals surface area contributed by atoms with Gasteiger partial charge >= 0.3 is 6.09 Å². The van der Waals surface area contributed by atoms with E-state index < -0.39 is 6.09 Å². The van der Waals surface area contributed by atoms with Crippen LogP contribution in [0.1, 0.15) is 11.1 Å². The molecule has 0 bridgehead atoms. The third kappa shape index (κ3) is 3.63. The average molecular weight is 241 g/mol. The number of carbonyl (C=O) groups excluding carboxylic acids is 1. The minimum atomic E-state index is -0.443. The quantitative estimate of drug-likeness (QED) is 0.895. The number of ether oxygens (including phenoxy) is 1. The zero-order valence-electron chi connectivity index (χ0n) is 10.2. The Balaban J connectivity index is 1.83. The van der Waals surface area contributed by atoms with Gasteiger partial charge in [-0.15, -0.1) is 0 Å². The Morgan fingerprint density at radius 3 is 2.39 bits per heavy atom. The van der Waals surface area contributed by atoms with Gasteiger partial charge in [-0.3, -0.25) is 0 Å². The number of hydrogen-bond acceptors (Lipinski definition) is 2. The normalized spacial score (nSPS) is 9.83. The van der Waals surface area contributed by atoms with Crippen LogP contribution in [-0.4, -0.2) is 6.09 Å². The van der Waals surface area contributed by atoms with E-state index in [0.29, 0.717) is 12.3 Å². The lowest BCUT2D eigenvalue weighted by molar-refractivity contribution is 0.200. The van der Waals surface area contributed by atoms with Gasteiger partial charge in [0, 0.05) is 6.54 Å². The summed E-state index contributed by atoms with van der Waals surface area (Å²) in [6.07, 6.45) is -0.443. The molecule has 0 aliphatic carbocycles. The van der Waals surface area contributed by atoms with Crippen LogP contribution in [0.3, 0.4) is 0 Å². The van der Waals surface area contributed by atoms with Crippen molar-refractivity contribution < 1.29 is 9.53 Å². The summed E-state index contributed by atoms with van der Waals surface area (Å²) >= 11 is 0. The fraction of sp³-hybridized carbons (Fsp3) is 0.133. The number of para-hydroxylation sites is 1. The average Bonchev–Trinajstić information content (AvgIpc) is 2.39. The highest BCUT2D eigenvalue weighted by molar-refractivity contribution is 5.70. The summed E-state index contributed by atoms with van der Waals surface area (Å²) in [5, 5.41) is 2.71. The van der Waals surface area contributed by atoms with Gasteiger partial charge in [-0.2, -0.15) is 0 Å². The number of amides is 1. The number of nitrogens with one attached hydrogen (secondary N) is 1. The predicted molar refractivity (Wildman–Crippen MR) is 70.5 cm³/mol. The first-order valence-electron chi connectivity index (χ1n) is 5.80. The maximum Gasteiger partial charge on any atom is 0.412 e. The van der Waals surface area contributed by atoms with Crippen molar-refractivity contribution in [2.24, 2.45) is 0 Å². The van der Waals surface area contributed by atoms with Crippen LogP contribution in [0.15, 0.2) is 54.6 Å². The fourth-order valence-electron chi connectivity index (χ4n) is 1.51. The number of aryl methyl sites for hydroxylation is 1. The van der Waals surface area contributed by atoms with Crippen molar-refractivity contribution >= 4 is 6.09 Å². The van der Waals surface area contributed by atoms with Crippen LogP contribution in [0.2, 0.25) is 0 Å². The molecule has 0 aliphatic rings. The Hall–Kier alpha value is -2.29. The molecule has 2 aromatic rings. The molecule has 0 unspecified atom stereocenters. The molecule has 1 amide bonds. The zero-order chi connectivity index (χ0) is 12.8. The molecule has 92 valence electrons. The molecule has 0 spiro atoms. The topological polar surface area (TPSA) is 38.3 Å². The smallest absolute Gasteiger partial charge is 0.410 e. The largest absolute Gasteiger partial charge is 0.412 e. The molecule has 1 N–H and O–H groups in total. The van der Waals surface area contributed by atoms with E-state index >= 15 is 0 Å². The van der Waals surface area contributed by atoms with Gasteiger partial charge < -0.3 is 10.1 Å². The lowest BCUT2D eigenvalue weighted by Crippen LogP contribution is -2.26. The number of benzene rings is 2. The molecule has 0 atom stereocenters. The maximum absolute atomic E-state index is 11.5. The van der Waals surface area contributed by atoms with Gasteiger partial charge in [0.15, 0.2) is 0 Å². The predicted octanol–water partition coefficient (Wildman–Crippen LogP) is 3.28. The molecule has 0 saturated heterocycles. The van der Waals surface area contributed by atoms with Crippen LogP contribution in [0.5, 0.6) is 5.75 Å². The summed E-state index contributed by atoms with van der Waals surface area (Å²) in [7, 11) is 0. The molecular weight excluding hydrogens is 226 g/mol. The van der Waals surface area contributed by atoms with E-state index in [1.807, 2.05) is 49.4 Å². The Morgan fingerprint density at radius 2 is 1.72 bits per heavy atom. The van der Waals surface area contributed by atoms with Crippen molar-refractivity contribution in [3.8, 4) is 5.75 Å². The van der Waals surface area contributed by atoms with Gasteiger partial charge in [0.1, 0.15) is 5.75 Å². The molecule has 0 fully saturated rings. The highest BCUT2D eigenvalue weighted by Gasteiger charge is 2.03. The van der Waals surface area contributed by atoms with Gasteiger partial charge in [0.2, 0.25) is 0 Å². The van der Waals surface area contributed by atoms with Gasteiger partial charge in [0.05, 0.1) is 0 Å². The Labute approximate surface area is 106 Å². The number of carbonyl (C=O) groups is 1. The van der Waals surface area contributed by atoms with Crippen molar-refractivity contribution in [1.82, 2.24) is 5.32 Å². The van der Waals surface area contributed by atoms with Gasteiger partial charge in [-0.25, -0.2) is 4.79 Å². The Bertz CT molecular complexity index is 506. The number of rotatable bonds is 3. The van der Waals surface area contributed by atoms with Crippen molar-refractivity contribution in [2.45, 2.75) is 13.5 Å². The SMILES string of the molecule is Cc1ccc(CNC(=O)Oc2ccccc2)cc1. The van der Waals surface area contributed by atoms with E-state index in [9.17, 15) is 4.79 Å². The summed E-state index contributed by atoms with van der Waals surface area (Å²) in [6.45, 7) is 2.49. The summed E-state index contributed by atoms with van der Waals surface area (Å²) < 4.78 is 5.11. The van der Waals surface area contributed by atoms with Crippen LogP contribution in [-0.2, 0) is 6.54 Å². The van der Waals surface area contributed by atoms with E-state index in [-0.39, 0.29) is 0 Å². The van der Waals surface area contributed by atoms with Gasteiger partial charge in [-0.05, 0) is 24.6 Å². The van der Waals surface area contributed by atoms with E-state index in [2.05, 4.69) is 5.32 Å². The fourth-order valence-corrected chi connectivity index (χ4v) is 1.51. The van der Waals surface area contributed by atoms with Crippen molar-refractivity contribution in [3.05, 3.63) is 65.7 Å². The third-order valence-electron chi connectivity index (χ3n) is 2.51. The first-order valence-corrected chi connectivity index (χ1v) is 5.80. The summed E-state index contributed by atoms with van der Waals surface area (Å²) in [5.41, 5.74) is 2.25. The molecular formula is C15H15NO2. The molecule has 0 aromatic heterocycles. The standard InChI is InChI=1S/C15H15NO2/c1-12-7-9-13(10-8-12)11-16-15(17)18-14-5-3-2-4-6-14/h2-10H,11H2,1H3,(H,16,17). The highest BCUT2D eigenvalue weighted by atomic mass is 16.5. The molecule has 0 aliphatic heterocycles. The van der Waals surface area contributed by atoms with Crippen LogP contribution >= 0.6 is 0 Å². The molecule has 0 saturated carbocycles. The van der Waals surface area contributed by atoms with Crippen LogP contribution < -0.4 is 10.1 Å². The van der Waals surface area contributed by atoms with Crippen molar-refractivity contribution in [1.29, 1.82) is 0 Å². The number of hydrogen-bond donors (Lipinski definition) is 1. The van der Waals surface area contributed by atoms with Crippen LogP contribution in [0.4, 0.5) is 4.79 Å². The minimum absolute atomic E-state index is 0.443. The van der Waals surface area contributed by atoms with Crippen molar-refractivity contribution in [3.63, 3.8) is 0 Å². The lowest BCUT2D eigenvalue weighted by Gasteiger charge is -2.06. The zero-order valence-corrected chi connectivity index (χ0v) is 10.2. The first kappa shape index (κ1) is 12.2. The molecule has 2 aromatic carbocycles. The summed E-state index contributed by atoms with van der Waals surface area (Å²) in [5.74, 6) is 0.541. The molecule has 0 radical (unpaired) electrons. The lowest BCUT2D eigenvalue weighted by atomic mass is 10.1. The van der Waals surface area contributed by atoms with Gasteiger partial charge in [-0.1, -0.05) is 48.0 Å².